The minimum absolute atomic E-state index is 0.241. The van der Waals surface area contributed by atoms with E-state index in [-0.39, 0.29) is 12.1 Å². The van der Waals surface area contributed by atoms with Gasteiger partial charge in [0.2, 0.25) is 0 Å². The summed E-state index contributed by atoms with van der Waals surface area (Å²) in [6.07, 6.45) is 11.5. The number of ether oxygens (including phenoxy) is 2. The fourth-order valence-electron chi connectivity index (χ4n) is 2.59. The van der Waals surface area contributed by atoms with E-state index in [4.69, 9.17) is 4.74 Å². The van der Waals surface area contributed by atoms with Crippen LogP contribution in [0.1, 0.15) is 45.4 Å². The number of methoxy groups -OCH3 is 1. The SMILES string of the molecule is COC(=O)CCOCCC(CC1=CC=CCC1)CC(C)O. The first-order chi connectivity index (χ1) is 10.1. The molecule has 4 heteroatoms. The second-order valence-corrected chi connectivity index (χ2v) is 5.67. The molecule has 0 amide bonds. The van der Waals surface area contributed by atoms with Crippen molar-refractivity contribution in [2.24, 2.45) is 5.92 Å². The van der Waals surface area contributed by atoms with Gasteiger partial charge in [0.1, 0.15) is 0 Å². The topological polar surface area (TPSA) is 55.8 Å². The van der Waals surface area contributed by atoms with Gasteiger partial charge in [-0.25, -0.2) is 0 Å². The Morgan fingerprint density at radius 1 is 1.43 bits per heavy atom. The lowest BCUT2D eigenvalue weighted by Gasteiger charge is -2.21. The second-order valence-electron chi connectivity index (χ2n) is 5.67. The number of esters is 1. The fourth-order valence-corrected chi connectivity index (χ4v) is 2.59. The van der Waals surface area contributed by atoms with Gasteiger partial charge in [0.15, 0.2) is 0 Å². The molecule has 0 radical (unpaired) electrons. The Morgan fingerprint density at radius 2 is 2.24 bits per heavy atom. The average molecular weight is 296 g/mol. The van der Waals surface area contributed by atoms with Gasteiger partial charge in [-0.05, 0) is 44.9 Å². The second kappa shape index (κ2) is 10.6. The number of aliphatic hydroxyl groups excluding tert-OH is 1. The van der Waals surface area contributed by atoms with Gasteiger partial charge in [-0.2, -0.15) is 0 Å². The summed E-state index contributed by atoms with van der Waals surface area (Å²) in [6, 6.07) is 0. The van der Waals surface area contributed by atoms with E-state index in [1.165, 1.54) is 12.7 Å². The molecule has 0 bridgehead atoms. The number of rotatable bonds is 10. The zero-order chi connectivity index (χ0) is 15.5. The van der Waals surface area contributed by atoms with Gasteiger partial charge in [0, 0.05) is 6.61 Å². The minimum atomic E-state index is -0.287. The van der Waals surface area contributed by atoms with Crippen molar-refractivity contribution >= 4 is 5.97 Å². The normalized spacial score (nSPS) is 17.2. The van der Waals surface area contributed by atoms with Gasteiger partial charge >= 0.3 is 5.97 Å². The van der Waals surface area contributed by atoms with Crippen LogP contribution in [0.25, 0.3) is 0 Å². The molecule has 1 rings (SSSR count). The van der Waals surface area contributed by atoms with E-state index < -0.39 is 0 Å². The van der Waals surface area contributed by atoms with Crippen molar-refractivity contribution in [3.05, 3.63) is 23.8 Å². The molecule has 0 saturated carbocycles. The zero-order valence-corrected chi connectivity index (χ0v) is 13.2. The summed E-state index contributed by atoms with van der Waals surface area (Å²) < 4.78 is 10.1. The van der Waals surface area contributed by atoms with Crippen LogP contribution in [-0.2, 0) is 14.3 Å². The molecule has 2 atom stereocenters. The van der Waals surface area contributed by atoms with Crippen LogP contribution in [0.5, 0.6) is 0 Å². The minimum Gasteiger partial charge on any atom is -0.469 e. The lowest BCUT2D eigenvalue weighted by atomic mass is 9.88. The molecule has 0 heterocycles. The highest BCUT2D eigenvalue weighted by Crippen LogP contribution is 2.25. The summed E-state index contributed by atoms with van der Waals surface area (Å²) in [7, 11) is 1.38. The van der Waals surface area contributed by atoms with Crippen molar-refractivity contribution in [1.29, 1.82) is 0 Å². The highest BCUT2D eigenvalue weighted by atomic mass is 16.5. The molecule has 0 saturated heterocycles. The Morgan fingerprint density at radius 3 is 2.86 bits per heavy atom. The molecule has 1 N–H and O–H groups in total. The third-order valence-corrected chi connectivity index (χ3v) is 3.67. The number of aliphatic hydroxyl groups is 1. The lowest BCUT2D eigenvalue weighted by molar-refractivity contribution is -0.141. The molecular formula is C17H28O4. The molecule has 0 aromatic rings. The smallest absolute Gasteiger partial charge is 0.307 e. The van der Waals surface area contributed by atoms with Crippen LogP contribution in [0, 0.1) is 5.92 Å². The van der Waals surface area contributed by atoms with Crippen LogP contribution < -0.4 is 0 Å². The molecule has 0 aromatic carbocycles. The van der Waals surface area contributed by atoms with Crippen molar-refractivity contribution in [3.8, 4) is 0 Å². The van der Waals surface area contributed by atoms with Crippen LogP contribution in [-0.4, -0.2) is 37.5 Å². The number of carbonyl (C=O) groups is 1. The van der Waals surface area contributed by atoms with Crippen molar-refractivity contribution in [3.63, 3.8) is 0 Å². The third-order valence-electron chi connectivity index (χ3n) is 3.67. The van der Waals surface area contributed by atoms with Gasteiger partial charge < -0.3 is 14.6 Å². The van der Waals surface area contributed by atoms with E-state index in [2.05, 4.69) is 23.0 Å². The van der Waals surface area contributed by atoms with Crippen LogP contribution in [0.3, 0.4) is 0 Å². The van der Waals surface area contributed by atoms with Gasteiger partial charge in [0.25, 0.3) is 0 Å². The molecule has 0 fully saturated rings. The van der Waals surface area contributed by atoms with Crippen molar-refractivity contribution in [1.82, 2.24) is 0 Å². The van der Waals surface area contributed by atoms with Crippen molar-refractivity contribution < 1.29 is 19.4 Å². The predicted molar refractivity (Wildman–Crippen MR) is 82.9 cm³/mol. The van der Waals surface area contributed by atoms with E-state index in [9.17, 15) is 9.90 Å². The van der Waals surface area contributed by atoms with Gasteiger partial charge in [-0.3, -0.25) is 4.79 Å². The maximum absolute atomic E-state index is 11.0. The van der Waals surface area contributed by atoms with E-state index in [1.807, 2.05) is 6.92 Å². The largest absolute Gasteiger partial charge is 0.469 e. The first-order valence-corrected chi connectivity index (χ1v) is 7.79. The first kappa shape index (κ1) is 17.9. The van der Waals surface area contributed by atoms with Gasteiger partial charge in [0.05, 0.1) is 26.2 Å². The third kappa shape index (κ3) is 8.68. The Hall–Kier alpha value is -1.13. The maximum Gasteiger partial charge on any atom is 0.307 e. The fraction of sp³-hybridized carbons (Fsp3) is 0.706. The van der Waals surface area contributed by atoms with Crippen LogP contribution in [0.2, 0.25) is 0 Å². The lowest BCUT2D eigenvalue weighted by Crippen LogP contribution is -2.14. The van der Waals surface area contributed by atoms with E-state index in [0.29, 0.717) is 25.6 Å². The summed E-state index contributed by atoms with van der Waals surface area (Å²) in [6.45, 7) is 2.86. The van der Waals surface area contributed by atoms with E-state index in [1.54, 1.807) is 0 Å². The Balaban J connectivity index is 2.27. The molecule has 0 aromatic heterocycles. The summed E-state index contributed by atoms with van der Waals surface area (Å²) in [5.74, 6) is 0.190. The van der Waals surface area contributed by atoms with Crippen LogP contribution >= 0.6 is 0 Å². The summed E-state index contributed by atoms with van der Waals surface area (Å²) >= 11 is 0. The Labute approximate surface area is 127 Å². The molecule has 120 valence electrons. The van der Waals surface area contributed by atoms with E-state index in [0.717, 1.165) is 32.1 Å². The zero-order valence-electron chi connectivity index (χ0n) is 13.2. The highest BCUT2D eigenvalue weighted by Gasteiger charge is 2.14. The number of allylic oxidation sites excluding steroid dienone is 4. The molecule has 0 aliphatic heterocycles. The molecule has 0 spiro atoms. The summed E-state index contributed by atoms with van der Waals surface area (Å²) in [5.41, 5.74) is 1.46. The standard InChI is InChI=1S/C17H28O4/c1-14(18)12-16(13-15-6-4-3-5-7-15)8-10-21-11-9-17(19)20-2/h3-4,6,14,16,18H,5,7-13H2,1-2H3. The molecule has 2 unspecified atom stereocenters. The van der Waals surface area contributed by atoms with Crippen LogP contribution in [0.4, 0.5) is 0 Å². The average Bonchev–Trinajstić information content (AvgIpc) is 2.47. The first-order valence-electron chi connectivity index (χ1n) is 7.79. The summed E-state index contributed by atoms with van der Waals surface area (Å²) in [4.78, 5) is 11.0. The monoisotopic (exact) mass is 296 g/mol. The van der Waals surface area contributed by atoms with Gasteiger partial charge in [-0.15, -0.1) is 0 Å². The van der Waals surface area contributed by atoms with Gasteiger partial charge in [-0.1, -0.05) is 23.8 Å². The number of carbonyl (C=O) groups excluding carboxylic acids is 1. The molecular weight excluding hydrogens is 268 g/mol. The molecule has 1 aliphatic carbocycles. The molecule has 21 heavy (non-hydrogen) atoms. The highest BCUT2D eigenvalue weighted by molar-refractivity contribution is 5.69. The summed E-state index contributed by atoms with van der Waals surface area (Å²) in [5, 5.41) is 9.62. The maximum atomic E-state index is 11.0. The Kier molecular flexibility index (Phi) is 9.02. The Bertz CT molecular complexity index is 358. The molecule has 1 aliphatic rings. The molecule has 4 nitrogen and oxygen atoms in total. The quantitative estimate of drug-likeness (QED) is 0.497. The van der Waals surface area contributed by atoms with E-state index >= 15 is 0 Å². The van der Waals surface area contributed by atoms with Crippen molar-refractivity contribution in [2.75, 3.05) is 20.3 Å². The predicted octanol–water partition coefficient (Wildman–Crippen LogP) is 3.01. The van der Waals surface area contributed by atoms with Crippen LogP contribution in [0.15, 0.2) is 23.8 Å². The number of hydrogen-bond acceptors (Lipinski definition) is 4. The van der Waals surface area contributed by atoms with Crippen molar-refractivity contribution in [2.45, 2.75) is 51.6 Å². The number of hydrogen-bond donors (Lipinski definition) is 1.